The predicted molar refractivity (Wildman–Crippen MR) is 107 cm³/mol. The van der Waals surface area contributed by atoms with Crippen molar-refractivity contribution in [2.24, 2.45) is 7.05 Å². The van der Waals surface area contributed by atoms with Crippen LogP contribution in [0.5, 0.6) is 0 Å². The Labute approximate surface area is 163 Å². The van der Waals surface area contributed by atoms with E-state index in [1.807, 2.05) is 30.3 Å². The summed E-state index contributed by atoms with van der Waals surface area (Å²) in [6.07, 6.45) is 0.149. The van der Waals surface area contributed by atoms with Crippen molar-refractivity contribution in [1.29, 1.82) is 0 Å². The number of hydrogen-bond donors (Lipinski definition) is 3. The van der Waals surface area contributed by atoms with Gasteiger partial charge in [0.2, 0.25) is 0 Å². The van der Waals surface area contributed by atoms with Crippen molar-refractivity contribution >= 4 is 28.5 Å². The molecular weight excluding hydrogens is 364 g/mol. The van der Waals surface area contributed by atoms with Crippen LogP contribution < -0.4 is 5.32 Å². The first-order valence-electron chi connectivity index (χ1n) is 8.83. The lowest BCUT2D eigenvalue weighted by Crippen LogP contribution is -2.32. The lowest BCUT2D eigenvalue weighted by molar-refractivity contribution is 0.0687. The molecule has 3 N–H and O–H groups in total. The molecule has 0 amide bonds. The lowest BCUT2D eigenvalue weighted by Gasteiger charge is -2.18. The fourth-order valence-corrected chi connectivity index (χ4v) is 3.50. The van der Waals surface area contributed by atoms with E-state index >= 15 is 0 Å². The molecule has 0 fully saturated rings. The SMILES string of the molecule is C[C@H](Cc1ccc2c(c1)cc(C(=O)O)n2C)NC[C@@H](O)c1cccc(Cl)c1. The van der Waals surface area contributed by atoms with E-state index in [2.05, 4.69) is 12.2 Å². The number of nitrogens with one attached hydrogen (secondary N) is 1. The molecule has 0 saturated heterocycles. The maximum atomic E-state index is 11.3. The lowest BCUT2D eigenvalue weighted by atomic mass is 10.0. The van der Waals surface area contributed by atoms with Crippen LogP contribution in [0.4, 0.5) is 0 Å². The topological polar surface area (TPSA) is 74.5 Å². The number of aromatic nitrogens is 1. The fraction of sp³-hybridized carbons (Fsp3) is 0.286. The molecular formula is C21H23ClN2O3. The van der Waals surface area contributed by atoms with Gasteiger partial charge in [0, 0.05) is 35.6 Å². The highest BCUT2D eigenvalue weighted by Gasteiger charge is 2.14. The smallest absolute Gasteiger partial charge is 0.352 e. The molecule has 5 nitrogen and oxygen atoms in total. The number of carbonyl (C=O) groups is 1. The van der Waals surface area contributed by atoms with E-state index < -0.39 is 12.1 Å². The van der Waals surface area contributed by atoms with Crippen LogP contribution in [0.25, 0.3) is 10.9 Å². The highest BCUT2D eigenvalue weighted by molar-refractivity contribution is 6.30. The van der Waals surface area contributed by atoms with Gasteiger partial charge in [0.25, 0.3) is 0 Å². The van der Waals surface area contributed by atoms with Crippen LogP contribution >= 0.6 is 11.6 Å². The van der Waals surface area contributed by atoms with E-state index in [9.17, 15) is 15.0 Å². The van der Waals surface area contributed by atoms with E-state index in [-0.39, 0.29) is 11.7 Å². The summed E-state index contributed by atoms with van der Waals surface area (Å²) in [5.41, 5.74) is 3.07. The molecule has 2 atom stereocenters. The first-order valence-corrected chi connectivity index (χ1v) is 9.21. The molecule has 0 aliphatic carbocycles. The van der Waals surface area contributed by atoms with Crippen LogP contribution in [0.1, 0.15) is 34.6 Å². The largest absolute Gasteiger partial charge is 0.477 e. The average molecular weight is 387 g/mol. The zero-order chi connectivity index (χ0) is 19.6. The van der Waals surface area contributed by atoms with E-state index in [4.69, 9.17) is 11.6 Å². The summed E-state index contributed by atoms with van der Waals surface area (Å²) in [7, 11) is 1.76. The minimum Gasteiger partial charge on any atom is -0.477 e. The van der Waals surface area contributed by atoms with Crippen LogP contribution in [0.3, 0.4) is 0 Å². The second kappa shape index (κ2) is 8.13. The van der Waals surface area contributed by atoms with E-state index in [0.29, 0.717) is 11.6 Å². The molecule has 3 rings (SSSR count). The Morgan fingerprint density at radius 2 is 2.00 bits per heavy atom. The maximum absolute atomic E-state index is 11.3. The fourth-order valence-electron chi connectivity index (χ4n) is 3.30. The third-order valence-corrected chi connectivity index (χ3v) is 5.00. The quantitative estimate of drug-likeness (QED) is 0.577. The number of carboxylic acids is 1. The highest BCUT2D eigenvalue weighted by atomic mass is 35.5. The Morgan fingerprint density at radius 3 is 2.70 bits per heavy atom. The third-order valence-electron chi connectivity index (χ3n) is 4.76. The second-order valence-corrected chi connectivity index (χ2v) is 7.31. The van der Waals surface area contributed by atoms with Crippen molar-refractivity contribution < 1.29 is 15.0 Å². The number of nitrogens with zero attached hydrogens (tertiary/aromatic N) is 1. The van der Waals surface area contributed by atoms with Gasteiger partial charge in [0.15, 0.2) is 0 Å². The minimum absolute atomic E-state index is 0.152. The molecule has 0 spiro atoms. The molecule has 0 aliphatic rings. The molecule has 3 aromatic rings. The van der Waals surface area contributed by atoms with Gasteiger partial charge >= 0.3 is 5.97 Å². The third kappa shape index (κ3) is 4.50. The van der Waals surface area contributed by atoms with Gasteiger partial charge in [-0.25, -0.2) is 4.79 Å². The Kier molecular flexibility index (Phi) is 5.85. The first kappa shape index (κ1) is 19.4. The zero-order valence-electron chi connectivity index (χ0n) is 15.3. The molecule has 6 heteroatoms. The van der Waals surface area contributed by atoms with Gasteiger partial charge in [-0.05, 0) is 54.8 Å². The van der Waals surface area contributed by atoms with Crippen molar-refractivity contribution in [3.05, 3.63) is 70.4 Å². The van der Waals surface area contributed by atoms with Gasteiger partial charge in [-0.2, -0.15) is 0 Å². The van der Waals surface area contributed by atoms with Crippen LogP contribution in [-0.2, 0) is 13.5 Å². The molecule has 2 aromatic carbocycles. The molecule has 0 radical (unpaired) electrons. The zero-order valence-corrected chi connectivity index (χ0v) is 16.1. The summed E-state index contributed by atoms with van der Waals surface area (Å²) in [5.74, 6) is -0.930. The van der Waals surface area contributed by atoms with Crippen LogP contribution in [0.15, 0.2) is 48.5 Å². The first-order chi connectivity index (χ1) is 12.8. The number of halogens is 1. The predicted octanol–water partition coefficient (Wildman–Crippen LogP) is 3.78. The standard InChI is InChI=1S/C21H23ClN2O3/c1-13(23-12-20(25)15-4-3-5-17(22)10-15)8-14-6-7-18-16(9-14)11-19(21(26)27)24(18)2/h3-7,9-11,13,20,23,25H,8,12H2,1-2H3,(H,26,27)/t13-,20-/m1/s1. The van der Waals surface area contributed by atoms with Crippen molar-refractivity contribution in [3.8, 4) is 0 Å². The van der Waals surface area contributed by atoms with Crippen molar-refractivity contribution in [2.75, 3.05) is 6.54 Å². The summed E-state index contributed by atoms with van der Waals surface area (Å²) in [4.78, 5) is 11.3. The molecule has 0 saturated carbocycles. The van der Waals surface area contributed by atoms with Crippen molar-refractivity contribution in [1.82, 2.24) is 9.88 Å². The number of rotatable bonds is 7. The van der Waals surface area contributed by atoms with Crippen LogP contribution in [0.2, 0.25) is 5.02 Å². The average Bonchev–Trinajstić information content (AvgIpc) is 2.96. The maximum Gasteiger partial charge on any atom is 0.352 e. The number of aliphatic hydroxyl groups is 1. The monoisotopic (exact) mass is 386 g/mol. The number of benzene rings is 2. The Hall–Kier alpha value is -2.34. The highest BCUT2D eigenvalue weighted by Crippen LogP contribution is 2.21. The normalized spacial score (nSPS) is 13.6. The number of carboxylic acid groups (broad SMARTS) is 1. The molecule has 27 heavy (non-hydrogen) atoms. The number of aryl methyl sites for hydroxylation is 1. The molecule has 0 bridgehead atoms. The van der Waals surface area contributed by atoms with Gasteiger partial charge < -0.3 is 20.1 Å². The van der Waals surface area contributed by atoms with Gasteiger partial charge in [0.05, 0.1) is 6.10 Å². The summed E-state index contributed by atoms with van der Waals surface area (Å²) in [6.45, 7) is 2.49. The van der Waals surface area contributed by atoms with Gasteiger partial charge in [-0.3, -0.25) is 0 Å². The Balaban J connectivity index is 1.63. The summed E-state index contributed by atoms with van der Waals surface area (Å²) in [5, 5.41) is 24.4. The Morgan fingerprint density at radius 1 is 1.22 bits per heavy atom. The summed E-state index contributed by atoms with van der Waals surface area (Å²) >= 11 is 5.97. The van der Waals surface area contributed by atoms with Crippen LogP contribution in [0, 0.1) is 0 Å². The summed E-state index contributed by atoms with van der Waals surface area (Å²) < 4.78 is 1.68. The van der Waals surface area contributed by atoms with Gasteiger partial charge in [-0.15, -0.1) is 0 Å². The van der Waals surface area contributed by atoms with E-state index in [0.717, 1.165) is 28.5 Å². The number of aromatic carboxylic acids is 1. The second-order valence-electron chi connectivity index (χ2n) is 6.87. The number of fused-ring (bicyclic) bond motifs is 1. The van der Waals surface area contributed by atoms with Gasteiger partial charge in [-0.1, -0.05) is 29.8 Å². The van der Waals surface area contributed by atoms with Crippen LogP contribution in [-0.4, -0.2) is 33.3 Å². The van der Waals surface area contributed by atoms with Gasteiger partial charge in [0.1, 0.15) is 5.69 Å². The van der Waals surface area contributed by atoms with E-state index in [1.165, 1.54) is 0 Å². The van der Waals surface area contributed by atoms with Crippen molar-refractivity contribution in [3.63, 3.8) is 0 Å². The number of hydrogen-bond acceptors (Lipinski definition) is 3. The van der Waals surface area contributed by atoms with Crippen molar-refractivity contribution in [2.45, 2.75) is 25.5 Å². The van der Waals surface area contributed by atoms with E-state index in [1.54, 1.807) is 29.8 Å². The molecule has 142 valence electrons. The minimum atomic E-state index is -0.930. The Bertz CT molecular complexity index is 967. The molecule has 0 aliphatic heterocycles. The number of aliphatic hydroxyl groups excluding tert-OH is 1. The molecule has 1 aromatic heterocycles. The molecule has 1 heterocycles. The molecule has 0 unspecified atom stereocenters. The summed E-state index contributed by atoms with van der Waals surface area (Å²) in [6, 6.07) is 15.1.